The van der Waals surface area contributed by atoms with Crippen LogP contribution in [0.4, 0.5) is 0 Å². The Morgan fingerprint density at radius 2 is 1.67 bits per heavy atom. The highest BCUT2D eigenvalue weighted by molar-refractivity contribution is 9.09. The molecule has 0 aliphatic carbocycles. The van der Waals surface area contributed by atoms with Gasteiger partial charge in [0.2, 0.25) is 0 Å². The van der Waals surface area contributed by atoms with Gasteiger partial charge in [0.25, 0.3) is 0 Å². The van der Waals surface area contributed by atoms with Crippen molar-refractivity contribution in [2.45, 2.75) is 50.8 Å². The molecule has 0 amide bonds. The predicted octanol–water partition coefficient (Wildman–Crippen LogP) is 4.75. The second-order valence-corrected chi connectivity index (χ2v) is 5.36. The van der Waals surface area contributed by atoms with E-state index < -0.39 is 0 Å². The first-order valence-electron chi connectivity index (χ1n) is 5.98. The van der Waals surface area contributed by atoms with Crippen LogP contribution < -0.4 is 0 Å². The number of alkyl halides is 1. The Morgan fingerprint density at radius 1 is 1.07 bits per heavy atom. The minimum Gasteiger partial charge on any atom is -0.0891 e. The molecule has 15 heavy (non-hydrogen) atoms. The molecule has 0 N–H and O–H groups in total. The molecule has 0 spiro atoms. The second-order valence-electron chi connectivity index (χ2n) is 4.07. The largest absolute Gasteiger partial charge is 0.0891 e. The minimum absolute atomic E-state index is 0.701. The lowest BCUT2D eigenvalue weighted by molar-refractivity contribution is 0.689. The van der Waals surface area contributed by atoms with Gasteiger partial charge in [-0.15, -0.1) is 0 Å². The van der Waals surface area contributed by atoms with Gasteiger partial charge in [-0.25, -0.2) is 0 Å². The Morgan fingerprint density at radius 3 is 2.20 bits per heavy atom. The highest BCUT2D eigenvalue weighted by Gasteiger charge is 2.00. The molecule has 0 nitrogen and oxygen atoms in total. The summed E-state index contributed by atoms with van der Waals surface area (Å²) in [7, 11) is 0. The van der Waals surface area contributed by atoms with Crippen LogP contribution >= 0.6 is 15.9 Å². The summed E-state index contributed by atoms with van der Waals surface area (Å²) < 4.78 is 0. The van der Waals surface area contributed by atoms with Gasteiger partial charge in [0.1, 0.15) is 0 Å². The molecule has 0 bridgehead atoms. The summed E-state index contributed by atoms with van der Waals surface area (Å²) in [6.07, 6.45) is 6.15. The van der Waals surface area contributed by atoms with Crippen molar-refractivity contribution in [1.82, 2.24) is 0 Å². The van der Waals surface area contributed by atoms with Gasteiger partial charge < -0.3 is 0 Å². The van der Waals surface area contributed by atoms with Crippen LogP contribution in [0.15, 0.2) is 24.3 Å². The fourth-order valence-electron chi connectivity index (χ4n) is 1.67. The van der Waals surface area contributed by atoms with E-state index in [0.29, 0.717) is 4.83 Å². The molecule has 1 heteroatoms. The predicted molar refractivity (Wildman–Crippen MR) is 71.8 cm³/mol. The summed E-state index contributed by atoms with van der Waals surface area (Å²) in [4.78, 5) is 0.701. The number of hydrogen-bond donors (Lipinski definition) is 0. The zero-order valence-corrected chi connectivity index (χ0v) is 11.4. The molecule has 0 radical (unpaired) electrons. The topological polar surface area (TPSA) is 0 Å². The number of hydrogen-bond acceptors (Lipinski definition) is 0. The Bertz CT molecular complexity index is 263. The highest BCUT2D eigenvalue weighted by atomic mass is 79.9. The molecule has 0 fully saturated rings. The third-order valence-corrected chi connectivity index (χ3v) is 3.96. The molecule has 0 aliphatic heterocycles. The van der Waals surface area contributed by atoms with Crippen LogP contribution in [0.5, 0.6) is 0 Å². The standard InChI is InChI=1S/C14H21Br/c1-3-12-8-10-13(11-9-12)6-5-7-14(15)4-2/h8-11,14H,3-7H2,1-2H3. The normalized spacial score (nSPS) is 12.7. The van der Waals surface area contributed by atoms with Gasteiger partial charge in [0.15, 0.2) is 0 Å². The molecule has 84 valence electrons. The average molecular weight is 269 g/mol. The van der Waals surface area contributed by atoms with Gasteiger partial charge in [-0.2, -0.15) is 0 Å². The third-order valence-electron chi connectivity index (χ3n) is 2.86. The summed E-state index contributed by atoms with van der Waals surface area (Å²) in [6, 6.07) is 9.05. The summed E-state index contributed by atoms with van der Waals surface area (Å²) >= 11 is 3.67. The lowest BCUT2D eigenvalue weighted by atomic mass is 10.0. The minimum atomic E-state index is 0.701. The van der Waals surface area contributed by atoms with Crippen molar-refractivity contribution in [1.29, 1.82) is 0 Å². The quantitative estimate of drug-likeness (QED) is 0.654. The van der Waals surface area contributed by atoms with E-state index in [1.165, 1.54) is 36.8 Å². The molecule has 0 aromatic heterocycles. The van der Waals surface area contributed by atoms with Gasteiger partial charge in [-0.3, -0.25) is 0 Å². The van der Waals surface area contributed by atoms with Crippen molar-refractivity contribution < 1.29 is 0 Å². The van der Waals surface area contributed by atoms with E-state index in [2.05, 4.69) is 54.0 Å². The van der Waals surface area contributed by atoms with Crippen molar-refractivity contribution >= 4 is 15.9 Å². The van der Waals surface area contributed by atoms with Gasteiger partial charge in [0.05, 0.1) is 0 Å². The van der Waals surface area contributed by atoms with Crippen LogP contribution in [0.25, 0.3) is 0 Å². The molecule has 1 aromatic carbocycles. The van der Waals surface area contributed by atoms with Crippen molar-refractivity contribution in [3.8, 4) is 0 Å². The van der Waals surface area contributed by atoms with Crippen LogP contribution in [-0.4, -0.2) is 4.83 Å². The molecular weight excluding hydrogens is 248 g/mol. The van der Waals surface area contributed by atoms with E-state index in [-0.39, 0.29) is 0 Å². The first-order valence-corrected chi connectivity index (χ1v) is 6.89. The molecule has 0 aliphatic rings. The zero-order valence-electron chi connectivity index (χ0n) is 9.80. The van der Waals surface area contributed by atoms with Crippen LogP contribution in [0.1, 0.15) is 44.2 Å². The maximum absolute atomic E-state index is 3.67. The molecule has 1 rings (SSSR count). The van der Waals surface area contributed by atoms with Crippen LogP contribution in [-0.2, 0) is 12.8 Å². The summed E-state index contributed by atoms with van der Waals surface area (Å²) in [5.74, 6) is 0. The van der Waals surface area contributed by atoms with E-state index >= 15 is 0 Å². The Labute approximate surface area is 102 Å². The summed E-state index contributed by atoms with van der Waals surface area (Å²) in [5.41, 5.74) is 2.91. The maximum Gasteiger partial charge on any atom is 0.0143 e. The van der Waals surface area contributed by atoms with Crippen molar-refractivity contribution in [2.75, 3.05) is 0 Å². The van der Waals surface area contributed by atoms with E-state index in [4.69, 9.17) is 0 Å². The maximum atomic E-state index is 3.67. The number of aryl methyl sites for hydroxylation is 2. The molecule has 0 heterocycles. The van der Waals surface area contributed by atoms with Gasteiger partial charge in [0, 0.05) is 4.83 Å². The fraction of sp³-hybridized carbons (Fsp3) is 0.571. The molecule has 0 saturated heterocycles. The Hall–Kier alpha value is -0.300. The van der Waals surface area contributed by atoms with Gasteiger partial charge >= 0.3 is 0 Å². The number of rotatable bonds is 6. The van der Waals surface area contributed by atoms with Crippen molar-refractivity contribution in [3.63, 3.8) is 0 Å². The molecular formula is C14H21Br. The van der Waals surface area contributed by atoms with Gasteiger partial charge in [-0.05, 0) is 43.2 Å². The Balaban J connectivity index is 2.31. The summed E-state index contributed by atoms with van der Waals surface area (Å²) in [5, 5.41) is 0. The van der Waals surface area contributed by atoms with Crippen LogP contribution in [0, 0.1) is 0 Å². The second kappa shape index (κ2) is 7.05. The number of halogens is 1. The van der Waals surface area contributed by atoms with Crippen molar-refractivity contribution in [2.24, 2.45) is 0 Å². The number of benzene rings is 1. The first-order chi connectivity index (χ1) is 7.26. The first kappa shape index (κ1) is 12.8. The zero-order chi connectivity index (χ0) is 11.1. The average Bonchev–Trinajstić information content (AvgIpc) is 2.29. The molecule has 0 saturated carbocycles. The lowest BCUT2D eigenvalue weighted by Gasteiger charge is -2.06. The lowest BCUT2D eigenvalue weighted by Crippen LogP contribution is -1.96. The van der Waals surface area contributed by atoms with E-state index in [9.17, 15) is 0 Å². The van der Waals surface area contributed by atoms with Gasteiger partial charge in [-0.1, -0.05) is 54.0 Å². The Kier molecular flexibility index (Phi) is 6.00. The highest BCUT2D eigenvalue weighted by Crippen LogP contribution is 2.14. The SMILES string of the molecule is CCc1ccc(CCCC(Br)CC)cc1. The van der Waals surface area contributed by atoms with Crippen LogP contribution in [0.2, 0.25) is 0 Å². The van der Waals surface area contributed by atoms with Crippen LogP contribution in [0.3, 0.4) is 0 Å². The molecule has 1 atom stereocenters. The summed E-state index contributed by atoms with van der Waals surface area (Å²) in [6.45, 7) is 4.43. The monoisotopic (exact) mass is 268 g/mol. The van der Waals surface area contributed by atoms with E-state index in [1.807, 2.05) is 0 Å². The molecule has 1 unspecified atom stereocenters. The van der Waals surface area contributed by atoms with E-state index in [0.717, 1.165) is 6.42 Å². The van der Waals surface area contributed by atoms with Crippen molar-refractivity contribution in [3.05, 3.63) is 35.4 Å². The fourth-order valence-corrected chi connectivity index (χ4v) is 2.00. The smallest absolute Gasteiger partial charge is 0.0143 e. The van der Waals surface area contributed by atoms with E-state index in [1.54, 1.807) is 0 Å². The molecule has 1 aromatic rings. The third kappa shape index (κ3) is 4.83.